The summed E-state index contributed by atoms with van der Waals surface area (Å²) >= 11 is 0. The van der Waals surface area contributed by atoms with E-state index in [4.69, 9.17) is 4.74 Å². The molecule has 154 valence electrons. The van der Waals surface area contributed by atoms with Crippen molar-refractivity contribution in [3.05, 3.63) is 16.8 Å². The lowest BCUT2D eigenvalue weighted by Crippen LogP contribution is -2.37. The van der Waals surface area contributed by atoms with Crippen LogP contribution in [0, 0.1) is 25.2 Å². The minimum Gasteiger partial charge on any atom is -0.376 e. The van der Waals surface area contributed by atoms with E-state index in [1.165, 1.54) is 32.1 Å². The molecule has 0 aromatic carbocycles. The molecule has 28 heavy (non-hydrogen) atoms. The molecule has 1 saturated carbocycles. The van der Waals surface area contributed by atoms with Gasteiger partial charge in [-0.15, -0.1) is 0 Å². The summed E-state index contributed by atoms with van der Waals surface area (Å²) in [6, 6.07) is 2.70. The predicted molar refractivity (Wildman–Crippen MR) is 110 cm³/mol. The van der Waals surface area contributed by atoms with Crippen molar-refractivity contribution in [1.82, 2.24) is 9.88 Å². The number of carbonyl (C=O) groups excluding carboxylic acids is 1. The van der Waals surface area contributed by atoms with Crippen molar-refractivity contribution in [2.24, 2.45) is 0 Å². The smallest absolute Gasteiger partial charge is 0.239 e. The van der Waals surface area contributed by atoms with E-state index >= 15 is 0 Å². The van der Waals surface area contributed by atoms with Crippen LogP contribution < -0.4 is 10.6 Å². The lowest BCUT2D eigenvalue weighted by atomic mass is 9.97. The van der Waals surface area contributed by atoms with E-state index in [2.05, 4.69) is 21.3 Å². The topological polar surface area (TPSA) is 79.1 Å². The molecule has 1 aliphatic heterocycles. The van der Waals surface area contributed by atoms with Crippen molar-refractivity contribution in [1.29, 1.82) is 5.26 Å². The van der Waals surface area contributed by atoms with Gasteiger partial charge in [-0.1, -0.05) is 32.1 Å². The Labute approximate surface area is 168 Å². The highest BCUT2D eigenvalue weighted by atomic mass is 16.5. The number of nitrogens with zero attached hydrogens (tertiary/aromatic N) is 2. The molecule has 6 heteroatoms. The zero-order valence-corrected chi connectivity index (χ0v) is 17.4. The Morgan fingerprint density at radius 2 is 1.86 bits per heavy atom. The summed E-state index contributed by atoms with van der Waals surface area (Å²) in [6.07, 6.45) is 10.9. The number of nitrogens with one attached hydrogen (secondary N) is 2. The third-order valence-electron chi connectivity index (χ3n) is 6.27. The van der Waals surface area contributed by atoms with Crippen LogP contribution in [0.1, 0.15) is 74.6 Å². The lowest BCUT2D eigenvalue weighted by molar-refractivity contribution is -0.115. The van der Waals surface area contributed by atoms with Gasteiger partial charge in [0, 0.05) is 18.3 Å². The molecule has 2 N–H and O–H groups in total. The molecule has 6 nitrogen and oxygen atoms in total. The van der Waals surface area contributed by atoms with Crippen LogP contribution in [0.3, 0.4) is 0 Å². The molecule has 0 bridgehead atoms. The van der Waals surface area contributed by atoms with Gasteiger partial charge in [0.1, 0.15) is 11.9 Å². The number of aromatic nitrogens is 1. The fourth-order valence-corrected chi connectivity index (χ4v) is 4.42. The number of rotatable bonds is 6. The molecule has 0 radical (unpaired) electrons. The maximum atomic E-state index is 12.7. The van der Waals surface area contributed by atoms with Crippen LogP contribution in [-0.4, -0.2) is 35.8 Å². The van der Waals surface area contributed by atoms with Gasteiger partial charge in [-0.25, -0.2) is 0 Å². The van der Waals surface area contributed by atoms with Gasteiger partial charge in [-0.05, 0) is 45.1 Å². The van der Waals surface area contributed by atoms with Gasteiger partial charge in [0.05, 0.1) is 24.8 Å². The summed E-state index contributed by atoms with van der Waals surface area (Å²) in [7, 11) is 0. The van der Waals surface area contributed by atoms with Crippen molar-refractivity contribution >= 4 is 11.7 Å². The van der Waals surface area contributed by atoms with Crippen molar-refractivity contribution < 1.29 is 9.53 Å². The normalized spacial score (nSPS) is 21.1. The molecule has 2 aliphatic rings. The Kier molecular flexibility index (Phi) is 7.52. The van der Waals surface area contributed by atoms with E-state index in [9.17, 15) is 10.1 Å². The lowest BCUT2D eigenvalue weighted by Gasteiger charge is -2.21. The van der Waals surface area contributed by atoms with Gasteiger partial charge in [-0.2, -0.15) is 5.26 Å². The van der Waals surface area contributed by atoms with Gasteiger partial charge in [0.15, 0.2) is 0 Å². The molecular formula is C22H34N4O2. The summed E-state index contributed by atoms with van der Waals surface area (Å²) in [4.78, 5) is 12.7. The Balaban J connectivity index is 1.65. The van der Waals surface area contributed by atoms with Crippen LogP contribution in [-0.2, 0) is 16.1 Å². The Morgan fingerprint density at radius 1 is 1.14 bits per heavy atom. The predicted octanol–water partition coefficient (Wildman–Crippen LogP) is 3.80. The van der Waals surface area contributed by atoms with Crippen LogP contribution in [0.2, 0.25) is 0 Å². The van der Waals surface area contributed by atoms with Crippen molar-refractivity contribution in [2.45, 2.75) is 90.3 Å². The summed E-state index contributed by atoms with van der Waals surface area (Å²) in [5, 5.41) is 16.1. The second kappa shape index (κ2) is 10.1. The van der Waals surface area contributed by atoms with Crippen molar-refractivity contribution in [3.8, 4) is 6.07 Å². The molecule has 1 amide bonds. The second-order valence-corrected chi connectivity index (χ2v) is 8.26. The average molecular weight is 387 g/mol. The van der Waals surface area contributed by atoms with E-state index in [0.29, 0.717) is 30.5 Å². The number of amides is 1. The number of nitriles is 1. The average Bonchev–Trinajstić information content (AvgIpc) is 3.24. The molecule has 1 saturated heterocycles. The molecule has 0 unspecified atom stereocenters. The first-order valence-electron chi connectivity index (χ1n) is 10.8. The van der Waals surface area contributed by atoms with Gasteiger partial charge in [0.25, 0.3) is 0 Å². The molecule has 2 heterocycles. The van der Waals surface area contributed by atoms with Gasteiger partial charge in [-0.3, -0.25) is 4.79 Å². The van der Waals surface area contributed by atoms with Gasteiger partial charge in [0.2, 0.25) is 5.91 Å². The number of ether oxygens (including phenoxy) is 1. The largest absolute Gasteiger partial charge is 0.376 e. The van der Waals surface area contributed by atoms with Gasteiger partial charge < -0.3 is 19.9 Å². The van der Waals surface area contributed by atoms with E-state index in [-0.39, 0.29) is 12.0 Å². The monoisotopic (exact) mass is 386 g/mol. The molecule has 3 rings (SSSR count). The van der Waals surface area contributed by atoms with Gasteiger partial charge >= 0.3 is 0 Å². The molecule has 1 aliphatic carbocycles. The summed E-state index contributed by atoms with van der Waals surface area (Å²) in [5.41, 5.74) is 2.52. The zero-order valence-electron chi connectivity index (χ0n) is 17.4. The number of anilines is 1. The quantitative estimate of drug-likeness (QED) is 0.779. The van der Waals surface area contributed by atoms with Crippen LogP contribution in [0.15, 0.2) is 0 Å². The first kappa shape index (κ1) is 20.9. The van der Waals surface area contributed by atoms with E-state index in [0.717, 1.165) is 43.5 Å². The Bertz CT molecular complexity index is 705. The SMILES string of the molecule is Cc1c(C#N)c(NC(=O)CNC2CCCCCCC2)n(C[C@@H]2CCCO2)c1C. The first-order valence-corrected chi connectivity index (χ1v) is 10.8. The number of carbonyl (C=O) groups is 1. The minimum atomic E-state index is -0.0790. The molecule has 2 fully saturated rings. The maximum Gasteiger partial charge on any atom is 0.239 e. The molecule has 0 spiro atoms. The van der Waals surface area contributed by atoms with E-state index < -0.39 is 0 Å². The molecule has 1 atom stereocenters. The Hall–Kier alpha value is -1.84. The van der Waals surface area contributed by atoms with Crippen LogP contribution in [0.25, 0.3) is 0 Å². The summed E-state index contributed by atoms with van der Waals surface area (Å²) in [5.74, 6) is 0.544. The third-order valence-corrected chi connectivity index (χ3v) is 6.27. The van der Waals surface area contributed by atoms with Crippen LogP contribution in [0.4, 0.5) is 5.82 Å². The molecule has 1 aromatic rings. The van der Waals surface area contributed by atoms with E-state index in [1.807, 2.05) is 13.8 Å². The Morgan fingerprint density at radius 3 is 2.50 bits per heavy atom. The standard InChI is InChI=1S/C22H34N4O2/c1-16-17(2)26(15-19-11-8-12-28-19)22(20(16)13-23)25-21(27)14-24-18-9-6-4-3-5-7-10-18/h18-19,24H,3-12,14-15H2,1-2H3,(H,25,27)/t19-/m0/s1. The highest BCUT2D eigenvalue weighted by Crippen LogP contribution is 2.28. The summed E-state index contributed by atoms with van der Waals surface area (Å²) < 4.78 is 7.83. The molecular weight excluding hydrogens is 352 g/mol. The zero-order chi connectivity index (χ0) is 19.9. The van der Waals surface area contributed by atoms with E-state index in [1.54, 1.807) is 0 Å². The second-order valence-electron chi connectivity index (χ2n) is 8.26. The fraction of sp³-hybridized carbons (Fsp3) is 0.727. The summed E-state index contributed by atoms with van der Waals surface area (Å²) in [6.45, 7) is 5.72. The first-order chi connectivity index (χ1) is 13.6. The number of hydrogen-bond acceptors (Lipinski definition) is 4. The highest BCUT2D eigenvalue weighted by molar-refractivity contribution is 5.93. The van der Waals surface area contributed by atoms with Crippen LogP contribution in [0.5, 0.6) is 0 Å². The highest BCUT2D eigenvalue weighted by Gasteiger charge is 2.24. The third kappa shape index (κ3) is 5.15. The number of hydrogen-bond donors (Lipinski definition) is 2. The van der Waals surface area contributed by atoms with Crippen molar-refractivity contribution in [3.63, 3.8) is 0 Å². The van der Waals surface area contributed by atoms with Crippen molar-refractivity contribution in [2.75, 3.05) is 18.5 Å². The molecule has 1 aromatic heterocycles. The maximum absolute atomic E-state index is 12.7. The fourth-order valence-electron chi connectivity index (χ4n) is 4.42. The van der Waals surface area contributed by atoms with Crippen LogP contribution >= 0.6 is 0 Å². The minimum absolute atomic E-state index is 0.0790.